The molecule has 0 aromatic carbocycles. The summed E-state index contributed by atoms with van der Waals surface area (Å²) in [5.74, 6) is -0.880. The van der Waals surface area contributed by atoms with Crippen LogP contribution in [0.1, 0.15) is 200 Å². The predicted octanol–water partition coefficient (Wildman–Crippen LogP) is 12.1. The number of quaternary nitrogens is 1. The molecule has 1 unspecified atom stereocenters. The van der Waals surface area contributed by atoms with E-state index in [2.05, 4.69) is 38.2 Å². The van der Waals surface area contributed by atoms with Crippen LogP contribution in [0.4, 0.5) is 0 Å². The minimum atomic E-state index is -4.63. The van der Waals surface area contributed by atoms with Gasteiger partial charge in [-0.05, 0) is 38.5 Å². The monoisotopic (exact) mass is 800 g/mol. The fourth-order valence-electron chi connectivity index (χ4n) is 6.16. The van der Waals surface area contributed by atoms with Crippen molar-refractivity contribution in [3.63, 3.8) is 0 Å². The maximum absolute atomic E-state index is 12.7. The number of phosphoric ester groups is 1. The van der Waals surface area contributed by atoms with Gasteiger partial charge in [-0.1, -0.05) is 173 Å². The maximum Gasteiger partial charge on any atom is 0.306 e. The standard InChI is InChI=1S/C45H86NO8P/c1-6-8-10-12-14-16-18-20-22-23-24-26-27-29-31-33-35-37-44(47)51-41-43(42-53-55(49,50)52-40-39-46(3,4)5)54-45(48)38-36-34-32-30-28-25-21-19-17-15-13-11-9-7-2/h24,26,29,31,43H,6-23,25,27-28,30,32-42H2,1-5H3/b26-24+,31-29+/t43-/m1/s1. The van der Waals surface area contributed by atoms with Crippen molar-refractivity contribution in [2.75, 3.05) is 47.5 Å². The molecule has 9 nitrogen and oxygen atoms in total. The molecule has 0 aliphatic heterocycles. The lowest BCUT2D eigenvalue weighted by atomic mass is 10.0. The summed E-state index contributed by atoms with van der Waals surface area (Å²) in [5, 5.41) is 0. The topological polar surface area (TPSA) is 111 Å². The second-order valence-electron chi connectivity index (χ2n) is 16.4. The second kappa shape index (κ2) is 38.0. The molecule has 0 amide bonds. The van der Waals surface area contributed by atoms with Crippen LogP contribution in [-0.4, -0.2) is 70.0 Å². The van der Waals surface area contributed by atoms with Crippen molar-refractivity contribution in [2.45, 2.75) is 206 Å². The van der Waals surface area contributed by atoms with Gasteiger partial charge in [0.15, 0.2) is 6.10 Å². The van der Waals surface area contributed by atoms with E-state index in [1.54, 1.807) is 0 Å². The van der Waals surface area contributed by atoms with Crippen molar-refractivity contribution in [2.24, 2.45) is 0 Å². The summed E-state index contributed by atoms with van der Waals surface area (Å²) in [5.41, 5.74) is 0. The van der Waals surface area contributed by atoms with Gasteiger partial charge in [0.1, 0.15) is 19.8 Å². The molecule has 0 radical (unpaired) electrons. The zero-order chi connectivity index (χ0) is 40.7. The van der Waals surface area contributed by atoms with E-state index in [9.17, 15) is 19.0 Å². The van der Waals surface area contributed by atoms with E-state index in [0.717, 1.165) is 38.5 Å². The van der Waals surface area contributed by atoms with E-state index in [0.29, 0.717) is 23.9 Å². The highest BCUT2D eigenvalue weighted by Crippen LogP contribution is 2.38. The first kappa shape index (κ1) is 53.5. The summed E-state index contributed by atoms with van der Waals surface area (Å²) >= 11 is 0. The summed E-state index contributed by atoms with van der Waals surface area (Å²) in [4.78, 5) is 37.5. The molecule has 2 atom stereocenters. The van der Waals surface area contributed by atoms with E-state index in [4.69, 9.17) is 18.5 Å². The smallest absolute Gasteiger partial charge is 0.306 e. The van der Waals surface area contributed by atoms with Crippen LogP contribution in [0.2, 0.25) is 0 Å². The Morgan fingerprint density at radius 2 is 1.00 bits per heavy atom. The number of likely N-dealkylation sites (N-methyl/N-ethyl adjacent to an activating group) is 1. The molecule has 10 heteroatoms. The lowest BCUT2D eigenvalue weighted by Gasteiger charge is -2.28. The molecule has 0 N–H and O–H groups in total. The number of hydrogen-bond acceptors (Lipinski definition) is 8. The predicted molar refractivity (Wildman–Crippen MR) is 227 cm³/mol. The summed E-state index contributed by atoms with van der Waals surface area (Å²) in [6, 6.07) is 0. The van der Waals surface area contributed by atoms with Gasteiger partial charge in [-0.15, -0.1) is 0 Å². The van der Waals surface area contributed by atoms with Gasteiger partial charge < -0.3 is 27.9 Å². The molecule has 0 bridgehead atoms. The van der Waals surface area contributed by atoms with Crippen molar-refractivity contribution < 1.29 is 42.1 Å². The third-order valence-electron chi connectivity index (χ3n) is 9.72. The number of allylic oxidation sites excluding steroid dienone is 4. The Labute approximate surface area is 339 Å². The Morgan fingerprint density at radius 1 is 0.564 bits per heavy atom. The van der Waals surface area contributed by atoms with Gasteiger partial charge in [0.25, 0.3) is 7.82 Å². The molecule has 0 spiro atoms. The van der Waals surface area contributed by atoms with Crippen LogP contribution in [-0.2, 0) is 32.7 Å². The van der Waals surface area contributed by atoms with E-state index in [-0.39, 0.29) is 26.1 Å². The number of carbonyl (C=O) groups is 2. The number of rotatable bonds is 41. The van der Waals surface area contributed by atoms with Gasteiger partial charge in [0.2, 0.25) is 0 Å². The van der Waals surface area contributed by atoms with Crippen LogP contribution in [0.5, 0.6) is 0 Å². The quantitative estimate of drug-likeness (QED) is 0.0198. The van der Waals surface area contributed by atoms with Crippen LogP contribution < -0.4 is 4.89 Å². The molecular weight excluding hydrogens is 713 g/mol. The molecule has 0 fully saturated rings. The van der Waals surface area contributed by atoms with Crippen LogP contribution in [0.25, 0.3) is 0 Å². The Bertz CT molecular complexity index is 996. The highest BCUT2D eigenvalue weighted by Gasteiger charge is 2.21. The van der Waals surface area contributed by atoms with E-state index < -0.39 is 32.5 Å². The van der Waals surface area contributed by atoms with Gasteiger partial charge in [-0.25, -0.2) is 0 Å². The number of nitrogens with zero attached hydrogens (tertiary/aromatic N) is 1. The van der Waals surface area contributed by atoms with Gasteiger partial charge in [0.05, 0.1) is 27.7 Å². The number of ether oxygens (including phenoxy) is 2. The van der Waals surface area contributed by atoms with E-state index in [1.165, 1.54) is 122 Å². The molecular formula is C45H86NO8P. The Hall–Kier alpha value is -1.51. The zero-order valence-electron chi connectivity index (χ0n) is 36.4. The number of hydrogen-bond donors (Lipinski definition) is 0. The Balaban J connectivity index is 4.38. The highest BCUT2D eigenvalue weighted by atomic mass is 31.2. The van der Waals surface area contributed by atoms with Crippen molar-refractivity contribution >= 4 is 19.8 Å². The number of carbonyl (C=O) groups excluding carboxylic acids is 2. The molecule has 0 aromatic rings. The lowest BCUT2D eigenvalue weighted by molar-refractivity contribution is -0.870. The first-order chi connectivity index (χ1) is 26.5. The average molecular weight is 800 g/mol. The first-order valence-corrected chi connectivity index (χ1v) is 24.0. The molecule has 0 saturated carbocycles. The SMILES string of the molecule is CCCCCCCCCCC/C=C/C/C=C/CCCC(=O)OC[C@H](COP(=O)([O-])OCC[N+](C)(C)C)OC(=O)CCCCCCCCCCCCCCCC. The average Bonchev–Trinajstić information content (AvgIpc) is 3.13. The molecule has 0 saturated heterocycles. The van der Waals surface area contributed by atoms with Crippen LogP contribution in [0, 0.1) is 0 Å². The van der Waals surface area contributed by atoms with Gasteiger partial charge in [-0.3, -0.25) is 14.2 Å². The van der Waals surface area contributed by atoms with Crippen molar-refractivity contribution in [3.8, 4) is 0 Å². The van der Waals surface area contributed by atoms with Gasteiger partial charge in [-0.2, -0.15) is 0 Å². The minimum Gasteiger partial charge on any atom is -0.756 e. The van der Waals surface area contributed by atoms with Crippen molar-refractivity contribution in [3.05, 3.63) is 24.3 Å². The minimum absolute atomic E-state index is 0.0348. The molecule has 0 aliphatic rings. The summed E-state index contributed by atoms with van der Waals surface area (Å²) in [7, 11) is 1.15. The van der Waals surface area contributed by atoms with Crippen LogP contribution in [0.3, 0.4) is 0 Å². The molecule has 0 aliphatic carbocycles. The fraction of sp³-hybridized carbons (Fsp3) is 0.867. The Morgan fingerprint density at radius 3 is 1.49 bits per heavy atom. The second-order valence-corrected chi connectivity index (χ2v) is 17.8. The van der Waals surface area contributed by atoms with Gasteiger partial charge in [0, 0.05) is 12.8 Å². The van der Waals surface area contributed by atoms with Crippen LogP contribution >= 0.6 is 7.82 Å². The third-order valence-corrected chi connectivity index (χ3v) is 10.7. The number of unbranched alkanes of at least 4 members (excludes halogenated alkanes) is 23. The van der Waals surface area contributed by atoms with Crippen molar-refractivity contribution in [1.29, 1.82) is 0 Å². The fourth-order valence-corrected chi connectivity index (χ4v) is 6.89. The number of esters is 2. The summed E-state index contributed by atoms with van der Waals surface area (Å²) in [6.45, 7) is 4.19. The molecule has 324 valence electrons. The summed E-state index contributed by atoms with van der Waals surface area (Å²) < 4.78 is 33.9. The normalized spacial score (nSPS) is 13.8. The highest BCUT2D eigenvalue weighted by molar-refractivity contribution is 7.45. The van der Waals surface area contributed by atoms with Crippen molar-refractivity contribution in [1.82, 2.24) is 0 Å². The maximum atomic E-state index is 12.7. The number of phosphoric acid groups is 1. The summed E-state index contributed by atoms with van der Waals surface area (Å²) in [6.07, 6.45) is 40.7. The van der Waals surface area contributed by atoms with E-state index >= 15 is 0 Å². The lowest BCUT2D eigenvalue weighted by Crippen LogP contribution is -2.37. The molecule has 0 rings (SSSR count). The van der Waals surface area contributed by atoms with Gasteiger partial charge >= 0.3 is 11.9 Å². The molecule has 0 aromatic heterocycles. The first-order valence-electron chi connectivity index (χ1n) is 22.5. The van der Waals surface area contributed by atoms with Crippen LogP contribution in [0.15, 0.2) is 24.3 Å². The largest absolute Gasteiger partial charge is 0.756 e. The van der Waals surface area contributed by atoms with E-state index in [1.807, 2.05) is 21.1 Å². The zero-order valence-corrected chi connectivity index (χ0v) is 37.3. The Kier molecular flexibility index (Phi) is 37.0. The molecule has 55 heavy (non-hydrogen) atoms. The third kappa shape index (κ3) is 41.9. The molecule has 0 heterocycles.